The number of nitrogens with zero attached hydrogens (tertiary/aromatic N) is 1. The van der Waals surface area contributed by atoms with Crippen LogP contribution in [-0.4, -0.2) is 23.0 Å². The normalized spacial score (nSPS) is 22.5. The summed E-state index contributed by atoms with van der Waals surface area (Å²) in [7, 11) is 0. The molecule has 0 aromatic heterocycles. The van der Waals surface area contributed by atoms with Crippen LogP contribution in [-0.2, 0) is 0 Å². The number of hydrogen-bond donors (Lipinski definition) is 1. The van der Waals surface area contributed by atoms with Crippen LogP contribution in [0.3, 0.4) is 0 Å². The highest BCUT2D eigenvalue weighted by Gasteiger charge is 2.27. The van der Waals surface area contributed by atoms with Crippen LogP contribution < -0.4 is 5.73 Å². The lowest BCUT2D eigenvalue weighted by molar-refractivity contribution is 0.244. The molecule has 1 heterocycles. The third kappa shape index (κ3) is 3.27. The molecule has 1 fully saturated rings. The van der Waals surface area contributed by atoms with Crippen LogP contribution in [0.5, 0.6) is 0 Å². The van der Waals surface area contributed by atoms with Crippen molar-refractivity contribution in [2.24, 2.45) is 11.7 Å². The predicted molar refractivity (Wildman–Crippen MR) is 75.9 cm³/mol. The molecule has 0 radical (unpaired) electrons. The molecule has 1 aliphatic rings. The molecule has 2 N–H and O–H groups in total. The maximum absolute atomic E-state index is 5.74. The van der Waals surface area contributed by atoms with E-state index in [1.54, 1.807) is 0 Å². The van der Waals surface area contributed by atoms with Gasteiger partial charge in [0.15, 0.2) is 0 Å². The minimum atomic E-state index is 0.360. The molecule has 0 aliphatic carbocycles. The van der Waals surface area contributed by atoms with Gasteiger partial charge in [0.25, 0.3) is 0 Å². The molecule has 2 nitrogen and oxygen atoms in total. The molecule has 17 heavy (non-hydrogen) atoms. The van der Waals surface area contributed by atoms with E-state index in [4.69, 9.17) is 18.0 Å². The van der Waals surface area contributed by atoms with Crippen molar-refractivity contribution in [1.29, 1.82) is 0 Å². The Morgan fingerprint density at radius 2 is 2.18 bits per heavy atom. The zero-order chi connectivity index (χ0) is 12.3. The Hall–Kier alpha value is -0.930. The van der Waals surface area contributed by atoms with E-state index in [2.05, 4.69) is 36.1 Å². The number of rotatable bonds is 4. The molecule has 92 valence electrons. The Labute approximate surface area is 109 Å². The van der Waals surface area contributed by atoms with Crippen LogP contribution in [0, 0.1) is 5.92 Å². The van der Waals surface area contributed by atoms with E-state index in [1.807, 2.05) is 6.07 Å². The smallest absolute Gasteiger partial charge is 0.0746 e. The summed E-state index contributed by atoms with van der Waals surface area (Å²) in [5.41, 5.74) is 7.07. The van der Waals surface area contributed by atoms with Gasteiger partial charge in [-0.25, -0.2) is 0 Å². The lowest BCUT2D eigenvalue weighted by atomic mass is 10.0. The summed E-state index contributed by atoms with van der Waals surface area (Å²) in [4.78, 5) is 3.12. The summed E-state index contributed by atoms with van der Waals surface area (Å²) in [6, 6.07) is 10.9. The SMILES string of the molecule is CC1CCN(C(CC(N)=S)c2ccccc2)C1. The molecule has 0 amide bonds. The standard InChI is InChI=1S/C14H20N2S/c1-11-7-8-16(10-11)13(9-14(15)17)12-5-3-2-4-6-12/h2-6,11,13H,7-10H2,1H3,(H2,15,17). The highest BCUT2D eigenvalue weighted by Crippen LogP contribution is 2.29. The molecule has 1 aromatic carbocycles. The summed E-state index contributed by atoms with van der Waals surface area (Å²) >= 11 is 5.09. The Morgan fingerprint density at radius 1 is 1.47 bits per heavy atom. The van der Waals surface area contributed by atoms with Crippen molar-refractivity contribution in [2.75, 3.05) is 13.1 Å². The fraction of sp³-hybridized carbons (Fsp3) is 0.500. The summed E-state index contributed by atoms with van der Waals surface area (Å²) in [5.74, 6) is 0.785. The first-order valence-electron chi connectivity index (χ1n) is 6.24. The van der Waals surface area contributed by atoms with Gasteiger partial charge in [-0.1, -0.05) is 49.5 Å². The van der Waals surface area contributed by atoms with Crippen molar-refractivity contribution in [2.45, 2.75) is 25.8 Å². The van der Waals surface area contributed by atoms with Crippen LogP contribution in [0.25, 0.3) is 0 Å². The van der Waals surface area contributed by atoms with E-state index < -0.39 is 0 Å². The lowest BCUT2D eigenvalue weighted by Gasteiger charge is -2.28. The molecule has 0 bridgehead atoms. The van der Waals surface area contributed by atoms with Crippen molar-refractivity contribution in [3.63, 3.8) is 0 Å². The van der Waals surface area contributed by atoms with Gasteiger partial charge in [-0.2, -0.15) is 0 Å². The molecule has 1 aromatic rings. The molecular formula is C14H20N2S. The molecule has 2 atom stereocenters. The Kier molecular flexibility index (Phi) is 4.13. The van der Waals surface area contributed by atoms with Gasteiger partial charge < -0.3 is 5.73 Å². The van der Waals surface area contributed by atoms with Crippen molar-refractivity contribution >= 4 is 17.2 Å². The van der Waals surface area contributed by atoms with E-state index in [0.29, 0.717) is 11.0 Å². The van der Waals surface area contributed by atoms with Crippen LogP contribution in [0.2, 0.25) is 0 Å². The van der Waals surface area contributed by atoms with Gasteiger partial charge in [0.1, 0.15) is 0 Å². The minimum Gasteiger partial charge on any atom is -0.393 e. The number of thiocarbonyl (C=S) groups is 1. The van der Waals surface area contributed by atoms with Gasteiger partial charge >= 0.3 is 0 Å². The number of hydrogen-bond acceptors (Lipinski definition) is 2. The van der Waals surface area contributed by atoms with Gasteiger partial charge in [0.05, 0.1) is 4.99 Å². The van der Waals surface area contributed by atoms with Crippen LogP contribution in [0.1, 0.15) is 31.4 Å². The van der Waals surface area contributed by atoms with E-state index >= 15 is 0 Å². The number of nitrogens with two attached hydrogens (primary N) is 1. The minimum absolute atomic E-state index is 0.360. The first-order valence-corrected chi connectivity index (χ1v) is 6.65. The highest BCUT2D eigenvalue weighted by molar-refractivity contribution is 7.80. The average molecular weight is 248 g/mol. The molecule has 0 spiro atoms. The van der Waals surface area contributed by atoms with E-state index in [1.165, 1.54) is 12.0 Å². The molecule has 1 saturated heterocycles. The maximum atomic E-state index is 5.74. The quantitative estimate of drug-likeness (QED) is 0.831. The third-order valence-electron chi connectivity index (χ3n) is 3.47. The second kappa shape index (κ2) is 5.61. The van der Waals surface area contributed by atoms with E-state index in [9.17, 15) is 0 Å². The second-order valence-corrected chi connectivity index (χ2v) is 5.51. The van der Waals surface area contributed by atoms with Crippen molar-refractivity contribution < 1.29 is 0 Å². The van der Waals surface area contributed by atoms with E-state index in [-0.39, 0.29) is 0 Å². The lowest BCUT2D eigenvalue weighted by Crippen LogP contribution is -2.29. The van der Waals surface area contributed by atoms with Crippen LogP contribution in [0.15, 0.2) is 30.3 Å². The van der Waals surface area contributed by atoms with Gasteiger partial charge in [0.2, 0.25) is 0 Å². The first-order chi connectivity index (χ1) is 8.16. The molecular weight excluding hydrogens is 228 g/mol. The van der Waals surface area contributed by atoms with Crippen molar-refractivity contribution in [3.8, 4) is 0 Å². The summed E-state index contributed by atoms with van der Waals surface area (Å²) in [5, 5.41) is 0. The summed E-state index contributed by atoms with van der Waals surface area (Å²) < 4.78 is 0. The predicted octanol–water partition coefficient (Wildman–Crippen LogP) is 2.75. The Bertz CT molecular complexity index is 377. The van der Waals surface area contributed by atoms with Gasteiger partial charge in [-0.15, -0.1) is 0 Å². The van der Waals surface area contributed by atoms with E-state index in [0.717, 1.165) is 25.4 Å². The largest absolute Gasteiger partial charge is 0.393 e. The van der Waals surface area contributed by atoms with Gasteiger partial charge in [-0.3, -0.25) is 4.90 Å². The fourth-order valence-electron chi connectivity index (χ4n) is 2.58. The van der Waals surface area contributed by atoms with Gasteiger partial charge in [0, 0.05) is 19.0 Å². The Balaban J connectivity index is 2.16. The molecule has 3 heteroatoms. The molecule has 2 unspecified atom stereocenters. The van der Waals surface area contributed by atoms with Crippen LogP contribution in [0.4, 0.5) is 0 Å². The Morgan fingerprint density at radius 3 is 2.71 bits per heavy atom. The van der Waals surface area contributed by atoms with Crippen LogP contribution >= 0.6 is 12.2 Å². The number of likely N-dealkylation sites (tertiary alicyclic amines) is 1. The maximum Gasteiger partial charge on any atom is 0.0746 e. The zero-order valence-electron chi connectivity index (χ0n) is 10.3. The average Bonchev–Trinajstić information content (AvgIpc) is 2.73. The van der Waals surface area contributed by atoms with Gasteiger partial charge in [-0.05, 0) is 24.4 Å². The molecule has 0 saturated carbocycles. The first kappa shape index (κ1) is 12.5. The van der Waals surface area contributed by atoms with Crippen molar-refractivity contribution in [3.05, 3.63) is 35.9 Å². The molecule has 1 aliphatic heterocycles. The third-order valence-corrected chi connectivity index (χ3v) is 3.64. The van der Waals surface area contributed by atoms with Crippen molar-refractivity contribution in [1.82, 2.24) is 4.90 Å². The second-order valence-electron chi connectivity index (χ2n) is 4.99. The monoisotopic (exact) mass is 248 g/mol. The summed E-state index contributed by atoms with van der Waals surface area (Å²) in [6.45, 7) is 4.62. The highest BCUT2D eigenvalue weighted by atomic mass is 32.1. The topological polar surface area (TPSA) is 29.3 Å². The number of benzene rings is 1. The molecule has 2 rings (SSSR count). The summed E-state index contributed by atoms with van der Waals surface area (Å²) in [6.07, 6.45) is 2.06. The zero-order valence-corrected chi connectivity index (χ0v) is 11.1. The fourth-order valence-corrected chi connectivity index (χ4v) is 2.73.